The predicted molar refractivity (Wildman–Crippen MR) is 62.6 cm³/mol. The quantitative estimate of drug-likeness (QED) is 0.849. The topological polar surface area (TPSA) is 37.4 Å². The Balaban J connectivity index is 3.07. The summed E-state index contributed by atoms with van der Waals surface area (Å²) in [6.07, 6.45) is -2.68. The second-order valence-electron chi connectivity index (χ2n) is 3.15. The summed E-state index contributed by atoms with van der Waals surface area (Å²) in [5.74, 6) is 0. The lowest BCUT2D eigenvalue weighted by Gasteiger charge is -2.16. The standard InChI is InChI=1S/C8H10BrF2NO2S2/c1-5-6(3-7(9)15-5)16(13,14)12(2)4-8(10)11/h3,8H,4H2,1-2H3. The van der Waals surface area contributed by atoms with Crippen LogP contribution in [0.3, 0.4) is 0 Å². The lowest BCUT2D eigenvalue weighted by atomic mass is 10.5. The van der Waals surface area contributed by atoms with Crippen LogP contribution in [0, 0.1) is 6.92 Å². The van der Waals surface area contributed by atoms with E-state index in [1.54, 1.807) is 6.92 Å². The van der Waals surface area contributed by atoms with Crippen LogP contribution in [0.4, 0.5) is 8.78 Å². The molecule has 1 heterocycles. The van der Waals surface area contributed by atoms with Crippen LogP contribution in [0.25, 0.3) is 0 Å². The van der Waals surface area contributed by atoms with Gasteiger partial charge >= 0.3 is 0 Å². The molecule has 0 atom stereocenters. The monoisotopic (exact) mass is 333 g/mol. The van der Waals surface area contributed by atoms with Gasteiger partial charge in [0.15, 0.2) is 0 Å². The van der Waals surface area contributed by atoms with Crippen molar-refractivity contribution in [2.75, 3.05) is 13.6 Å². The summed E-state index contributed by atoms with van der Waals surface area (Å²) >= 11 is 4.42. The van der Waals surface area contributed by atoms with Crippen LogP contribution in [-0.2, 0) is 10.0 Å². The van der Waals surface area contributed by atoms with Crippen molar-refractivity contribution in [1.29, 1.82) is 0 Å². The van der Waals surface area contributed by atoms with Crippen LogP contribution in [0.5, 0.6) is 0 Å². The first-order valence-electron chi connectivity index (χ1n) is 4.25. The summed E-state index contributed by atoms with van der Waals surface area (Å²) in [6.45, 7) is 0.841. The zero-order valence-corrected chi connectivity index (χ0v) is 11.8. The first kappa shape index (κ1) is 14.0. The first-order valence-corrected chi connectivity index (χ1v) is 7.30. The van der Waals surface area contributed by atoms with E-state index in [0.29, 0.717) is 13.0 Å². The van der Waals surface area contributed by atoms with Crippen molar-refractivity contribution in [3.63, 3.8) is 0 Å². The van der Waals surface area contributed by atoms with Crippen LogP contribution in [-0.4, -0.2) is 32.7 Å². The fourth-order valence-corrected chi connectivity index (χ4v) is 4.68. The second-order valence-corrected chi connectivity index (χ2v) is 7.80. The van der Waals surface area contributed by atoms with Gasteiger partial charge in [-0.3, -0.25) is 0 Å². The molecule has 0 aliphatic carbocycles. The summed E-state index contributed by atoms with van der Waals surface area (Å²) < 4.78 is 49.3. The van der Waals surface area contributed by atoms with E-state index in [4.69, 9.17) is 0 Å². The number of aryl methyl sites for hydroxylation is 1. The highest BCUT2D eigenvalue weighted by Crippen LogP contribution is 2.31. The van der Waals surface area contributed by atoms with Crippen LogP contribution in [0.1, 0.15) is 4.88 Å². The summed E-state index contributed by atoms with van der Waals surface area (Å²) in [4.78, 5) is 0.653. The molecule has 0 amide bonds. The van der Waals surface area contributed by atoms with Crippen molar-refractivity contribution in [1.82, 2.24) is 4.31 Å². The third kappa shape index (κ3) is 2.99. The SMILES string of the molecule is Cc1sc(Br)cc1S(=O)(=O)N(C)CC(F)F. The van der Waals surface area contributed by atoms with Gasteiger partial charge in [0.1, 0.15) is 0 Å². The Hall–Kier alpha value is -0.0500. The van der Waals surface area contributed by atoms with E-state index in [0.717, 1.165) is 7.05 Å². The van der Waals surface area contributed by atoms with E-state index >= 15 is 0 Å². The number of thiophene rings is 1. The van der Waals surface area contributed by atoms with E-state index in [2.05, 4.69) is 15.9 Å². The van der Waals surface area contributed by atoms with E-state index in [1.165, 1.54) is 17.4 Å². The first-order chi connectivity index (χ1) is 7.25. The molecule has 0 bridgehead atoms. The molecule has 0 spiro atoms. The minimum absolute atomic E-state index is 0.0764. The summed E-state index contributed by atoms with van der Waals surface area (Å²) in [5.41, 5.74) is 0. The van der Waals surface area contributed by atoms with Crippen LogP contribution < -0.4 is 0 Å². The normalized spacial score (nSPS) is 12.7. The summed E-state index contributed by atoms with van der Waals surface area (Å²) in [6, 6.07) is 1.43. The molecule has 1 aromatic rings. The largest absolute Gasteiger partial charge is 0.252 e. The minimum Gasteiger partial charge on any atom is -0.209 e. The molecule has 0 aliphatic rings. The van der Waals surface area contributed by atoms with Crippen molar-refractivity contribution >= 4 is 37.3 Å². The van der Waals surface area contributed by atoms with Gasteiger partial charge in [-0.2, -0.15) is 4.31 Å². The molecule has 92 valence electrons. The van der Waals surface area contributed by atoms with Gasteiger partial charge in [0.05, 0.1) is 15.2 Å². The molecule has 3 nitrogen and oxygen atoms in total. The highest BCUT2D eigenvalue weighted by Gasteiger charge is 2.26. The number of sulfonamides is 1. The Bertz CT molecular complexity index is 472. The Morgan fingerprint density at radius 3 is 2.50 bits per heavy atom. The molecular formula is C8H10BrF2NO2S2. The third-order valence-corrected chi connectivity index (χ3v) is 5.56. The zero-order chi connectivity index (χ0) is 12.5. The van der Waals surface area contributed by atoms with Crippen molar-refractivity contribution in [3.05, 3.63) is 14.7 Å². The Morgan fingerprint density at radius 2 is 2.12 bits per heavy atom. The highest BCUT2D eigenvalue weighted by molar-refractivity contribution is 9.11. The van der Waals surface area contributed by atoms with Gasteiger partial charge in [-0.1, -0.05) is 0 Å². The smallest absolute Gasteiger partial charge is 0.209 e. The second kappa shape index (κ2) is 5.07. The number of alkyl halides is 2. The minimum atomic E-state index is -3.81. The maximum absolute atomic E-state index is 12.1. The van der Waals surface area contributed by atoms with Crippen LogP contribution in [0.2, 0.25) is 0 Å². The molecule has 0 aliphatic heterocycles. The lowest BCUT2D eigenvalue weighted by molar-refractivity contribution is 0.126. The van der Waals surface area contributed by atoms with Crippen molar-refractivity contribution in [2.45, 2.75) is 18.2 Å². The van der Waals surface area contributed by atoms with Crippen molar-refractivity contribution in [2.24, 2.45) is 0 Å². The number of hydrogen-bond donors (Lipinski definition) is 0. The zero-order valence-electron chi connectivity index (χ0n) is 8.58. The summed E-state index contributed by atoms with van der Waals surface area (Å²) in [5, 5.41) is 0. The van der Waals surface area contributed by atoms with Crippen molar-refractivity contribution in [3.8, 4) is 0 Å². The average Bonchev–Trinajstić information content (AvgIpc) is 2.44. The lowest BCUT2D eigenvalue weighted by Crippen LogP contribution is -2.31. The van der Waals surface area contributed by atoms with Gasteiger partial charge in [0.2, 0.25) is 10.0 Å². The number of nitrogens with zero attached hydrogens (tertiary/aromatic N) is 1. The molecule has 0 N–H and O–H groups in total. The van der Waals surface area contributed by atoms with Gasteiger partial charge in [-0.05, 0) is 28.9 Å². The number of rotatable bonds is 4. The molecule has 0 aromatic carbocycles. The number of halogens is 3. The fraction of sp³-hybridized carbons (Fsp3) is 0.500. The Morgan fingerprint density at radius 1 is 1.56 bits per heavy atom. The third-order valence-electron chi connectivity index (χ3n) is 1.93. The molecule has 0 radical (unpaired) electrons. The molecule has 1 aromatic heterocycles. The maximum atomic E-state index is 12.1. The van der Waals surface area contributed by atoms with E-state index in [9.17, 15) is 17.2 Å². The molecule has 0 unspecified atom stereocenters. The van der Waals surface area contributed by atoms with Gasteiger partial charge in [0.25, 0.3) is 6.43 Å². The van der Waals surface area contributed by atoms with Gasteiger partial charge in [-0.25, -0.2) is 17.2 Å². The average molecular weight is 334 g/mol. The van der Waals surface area contributed by atoms with Crippen LogP contribution in [0.15, 0.2) is 14.7 Å². The highest BCUT2D eigenvalue weighted by atomic mass is 79.9. The molecule has 16 heavy (non-hydrogen) atoms. The van der Waals surface area contributed by atoms with Gasteiger partial charge < -0.3 is 0 Å². The predicted octanol–water partition coefficient (Wildman–Crippen LogP) is 2.70. The Labute approximate surface area is 105 Å². The van der Waals surface area contributed by atoms with Crippen molar-refractivity contribution < 1.29 is 17.2 Å². The van der Waals surface area contributed by atoms with Gasteiger partial charge in [-0.15, -0.1) is 11.3 Å². The molecule has 8 heteroatoms. The van der Waals surface area contributed by atoms with E-state index in [1.807, 2.05) is 0 Å². The maximum Gasteiger partial charge on any atom is 0.252 e. The van der Waals surface area contributed by atoms with Gasteiger partial charge in [0, 0.05) is 11.9 Å². The molecule has 0 saturated heterocycles. The molecular weight excluding hydrogens is 324 g/mol. The van der Waals surface area contributed by atoms with Crippen LogP contribution >= 0.6 is 27.3 Å². The van der Waals surface area contributed by atoms with E-state index < -0.39 is 23.0 Å². The molecule has 0 fully saturated rings. The molecule has 0 saturated carbocycles. The summed E-state index contributed by atoms with van der Waals surface area (Å²) in [7, 11) is -2.66. The fourth-order valence-electron chi connectivity index (χ4n) is 1.15. The number of hydrogen-bond acceptors (Lipinski definition) is 3. The Kier molecular flexibility index (Phi) is 4.44. The van der Waals surface area contributed by atoms with E-state index in [-0.39, 0.29) is 4.90 Å². The molecule has 1 rings (SSSR count).